The number of unbranched alkanes of at least 4 members (excludes halogenated alkanes) is 1. The Morgan fingerprint density at radius 3 is 2.95 bits per heavy atom. The SMILES string of the molecule is CCCCN1C(=O)/C(=C\c2cccc(F)c2)NC1=S. The van der Waals surface area contributed by atoms with Gasteiger partial charge in [0, 0.05) is 6.54 Å². The molecule has 0 atom stereocenters. The van der Waals surface area contributed by atoms with Crippen LogP contribution < -0.4 is 5.32 Å². The smallest absolute Gasteiger partial charge is 0.276 e. The van der Waals surface area contributed by atoms with Crippen LogP contribution in [0.3, 0.4) is 0 Å². The lowest BCUT2D eigenvalue weighted by atomic mass is 10.2. The van der Waals surface area contributed by atoms with Gasteiger partial charge in [-0.2, -0.15) is 0 Å². The highest BCUT2D eigenvalue weighted by atomic mass is 32.1. The molecule has 19 heavy (non-hydrogen) atoms. The summed E-state index contributed by atoms with van der Waals surface area (Å²) in [6.45, 7) is 2.67. The van der Waals surface area contributed by atoms with Gasteiger partial charge in [-0.3, -0.25) is 9.69 Å². The molecule has 100 valence electrons. The van der Waals surface area contributed by atoms with Crippen molar-refractivity contribution in [3.05, 3.63) is 41.3 Å². The fraction of sp³-hybridized carbons (Fsp3) is 0.286. The molecule has 0 aromatic heterocycles. The number of carbonyl (C=O) groups excluding carboxylic acids is 1. The molecule has 1 aromatic carbocycles. The molecule has 1 N–H and O–H groups in total. The summed E-state index contributed by atoms with van der Waals surface area (Å²) in [5, 5.41) is 3.29. The van der Waals surface area contributed by atoms with E-state index in [1.54, 1.807) is 23.1 Å². The van der Waals surface area contributed by atoms with E-state index in [1.807, 2.05) is 0 Å². The lowest BCUT2D eigenvalue weighted by molar-refractivity contribution is -0.122. The minimum Gasteiger partial charge on any atom is -0.328 e. The third-order valence-electron chi connectivity index (χ3n) is 2.86. The lowest BCUT2D eigenvalue weighted by Gasteiger charge is -2.12. The summed E-state index contributed by atoms with van der Waals surface area (Å²) in [4.78, 5) is 13.7. The van der Waals surface area contributed by atoms with E-state index in [1.165, 1.54) is 12.1 Å². The van der Waals surface area contributed by atoms with Crippen LogP contribution in [0.2, 0.25) is 0 Å². The Morgan fingerprint density at radius 1 is 1.47 bits per heavy atom. The van der Waals surface area contributed by atoms with E-state index in [0.717, 1.165) is 12.8 Å². The van der Waals surface area contributed by atoms with Crippen molar-refractivity contribution in [2.45, 2.75) is 19.8 Å². The monoisotopic (exact) mass is 278 g/mol. The number of rotatable bonds is 4. The molecule has 3 nitrogen and oxygen atoms in total. The Morgan fingerprint density at radius 2 is 2.26 bits per heavy atom. The number of benzene rings is 1. The van der Waals surface area contributed by atoms with Crippen molar-refractivity contribution >= 4 is 29.3 Å². The van der Waals surface area contributed by atoms with Gasteiger partial charge in [0.2, 0.25) is 0 Å². The maximum absolute atomic E-state index is 13.1. The first-order valence-electron chi connectivity index (χ1n) is 6.22. The van der Waals surface area contributed by atoms with Gasteiger partial charge >= 0.3 is 0 Å². The molecule has 2 rings (SSSR count). The van der Waals surface area contributed by atoms with Gasteiger partial charge in [0.15, 0.2) is 5.11 Å². The summed E-state index contributed by atoms with van der Waals surface area (Å²) in [6.07, 6.45) is 3.51. The first-order valence-corrected chi connectivity index (χ1v) is 6.62. The Labute approximate surface area is 117 Å². The number of amides is 1. The third-order valence-corrected chi connectivity index (χ3v) is 3.18. The lowest BCUT2D eigenvalue weighted by Crippen LogP contribution is -2.31. The molecule has 0 saturated carbocycles. The number of halogens is 1. The summed E-state index contributed by atoms with van der Waals surface area (Å²) < 4.78 is 13.1. The summed E-state index contributed by atoms with van der Waals surface area (Å²) in [6, 6.07) is 6.08. The minimum absolute atomic E-state index is 0.150. The molecule has 1 aromatic rings. The number of thiocarbonyl (C=S) groups is 1. The average molecular weight is 278 g/mol. The highest BCUT2D eigenvalue weighted by Crippen LogP contribution is 2.15. The van der Waals surface area contributed by atoms with Crippen LogP contribution in [0.4, 0.5) is 4.39 Å². The molecule has 1 saturated heterocycles. The van der Waals surface area contributed by atoms with Crippen molar-refractivity contribution in [2.75, 3.05) is 6.54 Å². The molecule has 1 aliphatic rings. The topological polar surface area (TPSA) is 32.3 Å². The van der Waals surface area contributed by atoms with Gasteiger partial charge in [-0.1, -0.05) is 25.5 Å². The first kappa shape index (κ1) is 13.7. The maximum Gasteiger partial charge on any atom is 0.276 e. The normalized spacial score (nSPS) is 17.2. The predicted octanol–water partition coefficient (Wildman–Crippen LogP) is 2.68. The van der Waals surface area contributed by atoms with Gasteiger partial charge in [-0.05, 0) is 42.4 Å². The highest BCUT2D eigenvalue weighted by Gasteiger charge is 2.29. The van der Waals surface area contributed by atoms with Crippen molar-refractivity contribution in [2.24, 2.45) is 0 Å². The number of hydrogen-bond donors (Lipinski definition) is 1. The second-order valence-corrected chi connectivity index (χ2v) is 4.74. The fourth-order valence-corrected chi connectivity index (χ4v) is 2.14. The van der Waals surface area contributed by atoms with E-state index >= 15 is 0 Å². The molecule has 1 fully saturated rings. The molecular weight excluding hydrogens is 263 g/mol. The number of nitrogens with zero attached hydrogens (tertiary/aromatic N) is 1. The van der Waals surface area contributed by atoms with E-state index in [0.29, 0.717) is 22.9 Å². The van der Waals surface area contributed by atoms with Gasteiger partial charge in [0.25, 0.3) is 5.91 Å². The van der Waals surface area contributed by atoms with Crippen molar-refractivity contribution in [1.29, 1.82) is 0 Å². The maximum atomic E-state index is 13.1. The molecule has 1 heterocycles. The molecule has 0 aliphatic carbocycles. The molecule has 5 heteroatoms. The van der Waals surface area contributed by atoms with Crippen LogP contribution in [0.5, 0.6) is 0 Å². The van der Waals surface area contributed by atoms with Gasteiger partial charge in [-0.15, -0.1) is 0 Å². The Kier molecular flexibility index (Phi) is 4.27. The summed E-state index contributed by atoms with van der Waals surface area (Å²) in [5.74, 6) is -0.479. The van der Waals surface area contributed by atoms with E-state index in [4.69, 9.17) is 12.2 Å². The van der Waals surface area contributed by atoms with Crippen LogP contribution in [0.1, 0.15) is 25.3 Å². The van der Waals surface area contributed by atoms with Gasteiger partial charge in [0.05, 0.1) is 0 Å². The second-order valence-electron chi connectivity index (χ2n) is 4.35. The standard InChI is InChI=1S/C14H15FN2OS/c1-2-3-7-17-13(18)12(16-14(17)19)9-10-5-4-6-11(15)8-10/h4-6,8-9H,2-3,7H2,1H3,(H,16,19)/b12-9+. The molecule has 0 bridgehead atoms. The largest absolute Gasteiger partial charge is 0.328 e. The second kappa shape index (κ2) is 5.93. The minimum atomic E-state index is -0.329. The summed E-state index contributed by atoms with van der Waals surface area (Å²) in [5.41, 5.74) is 1.03. The first-order chi connectivity index (χ1) is 9.11. The number of carbonyl (C=O) groups is 1. The van der Waals surface area contributed by atoms with Crippen LogP contribution >= 0.6 is 12.2 Å². The zero-order valence-corrected chi connectivity index (χ0v) is 11.5. The van der Waals surface area contributed by atoms with E-state index in [-0.39, 0.29) is 11.7 Å². The van der Waals surface area contributed by atoms with E-state index in [2.05, 4.69) is 12.2 Å². The Bertz CT molecular complexity index is 542. The Balaban J connectivity index is 2.18. The van der Waals surface area contributed by atoms with Crippen LogP contribution in [0, 0.1) is 5.82 Å². The number of nitrogens with one attached hydrogen (secondary N) is 1. The Hall–Kier alpha value is -1.75. The zero-order chi connectivity index (χ0) is 13.8. The van der Waals surface area contributed by atoms with Crippen molar-refractivity contribution in [1.82, 2.24) is 10.2 Å². The predicted molar refractivity (Wildman–Crippen MR) is 76.7 cm³/mol. The summed E-state index contributed by atoms with van der Waals surface area (Å²) >= 11 is 5.13. The van der Waals surface area contributed by atoms with Gasteiger partial charge in [0.1, 0.15) is 11.5 Å². The molecule has 0 radical (unpaired) electrons. The highest BCUT2D eigenvalue weighted by molar-refractivity contribution is 7.80. The zero-order valence-electron chi connectivity index (χ0n) is 10.6. The van der Waals surface area contributed by atoms with Crippen LogP contribution in [0.15, 0.2) is 30.0 Å². The van der Waals surface area contributed by atoms with Crippen LogP contribution in [-0.4, -0.2) is 22.5 Å². The van der Waals surface area contributed by atoms with E-state index < -0.39 is 0 Å². The summed E-state index contributed by atoms with van der Waals surface area (Å²) in [7, 11) is 0. The molecule has 1 amide bonds. The molecule has 0 unspecified atom stereocenters. The van der Waals surface area contributed by atoms with Gasteiger partial charge < -0.3 is 5.32 Å². The molecular formula is C14H15FN2OS. The fourth-order valence-electron chi connectivity index (χ4n) is 1.85. The van der Waals surface area contributed by atoms with Crippen molar-refractivity contribution < 1.29 is 9.18 Å². The number of hydrogen-bond acceptors (Lipinski definition) is 2. The molecule has 0 spiro atoms. The van der Waals surface area contributed by atoms with Gasteiger partial charge in [-0.25, -0.2) is 4.39 Å². The van der Waals surface area contributed by atoms with Crippen LogP contribution in [-0.2, 0) is 4.79 Å². The quantitative estimate of drug-likeness (QED) is 0.679. The van der Waals surface area contributed by atoms with E-state index in [9.17, 15) is 9.18 Å². The third kappa shape index (κ3) is 3.17. The van der Waals surface area contributed by atoms with Crippen molar-refractivity contribution in [3.8, 4) is 0 Å². The molecule has 1 aliphatic heterocycles. The average Bonchev–Trinajstić information content (AvgIpc) is 2.62. The van der Waals surface area contributed by atoms with Crippen LogP contribution in [0.25, 0.3) is 6.08 Å². The van der Waals surface area contributed by atoms with Crippen molar-refractivity contribution in [3.63, 3.8) is 0 Å².